The molecule has 168 valence electrons. The van der Waals surface area contributed by atoms with Crippen LogP contribution in [0.2, 0.25) is 0 Å². The molecular weight excluding hydrogens is 404 g/mol. The van der Waals surface area contributed by atoms with Gasteiger partial charge in [0.15, 0.2) is 0 Å². The van der Waals surface area contributed by atoms with Crippen LogP contribution in [0.25, 0.3) is 0 Å². The number of cyclic esters (lactones) is 1. The van der Waals surface area contributed by atoms with Crippen LogP contribution in [0.15, 0.2) is 60.7 Å². The van der Waals surface area contributed by atoms with Crippen LogP contribution in [0.5, 0.6) is 0 Å². The third kappa shape index (κ3) is 3.92. The van der Waals surface area contributed by atoms with E-state index in [9.17, 15) is 9.59 Å². The molecule has 3 fully saturated rings. The predicted molar refractivity (Wildman–Crippen MR) is 121 cm³/mol. The van der Waals surface area contributed by atoms with Gasteiger partial charge in [-0.1, -0.05) is 60.7 Å². The fourth-order valence-corrected chi connectivity index (χ4v) is 4.82. The number of rotatable bonds is 8. The number of hydrogen-bond acceptors (Lipinski definition) is 6. The Morgan fingerprint density at radius 1 is 1.00 bits per heavy atom. The Bertz CT molecular complexity index is 909. The molecule has 1 saturated carbocycles. The van der Waals surface area contributed by atoms with Gasteiger partial charge in [0, 0.05) is 37.3 Å². The first-order chi connectivity index (χ1) is 15.7. The zero-order valence-corrected chi connectivity index (χ0v) is 18.1. The minimum atomic E-state index is -1.14. The fraction of sp³-hybridized carbons (Fsp3) is 0.440. The van der Waals surface area contributed by atoms with Gasteiger partial charge in [-0.3, -0.25) is 9.59 Å². The van der Waals surface area contributed by atoms with Crippen molar-refractivity contribution in [2.45, 2.75) is 30.7 Å². The molecule has 0 spiro atoms. The second kappa shape index (κ2) is 9.02. The van der Waals surface area contributed by atoms with Crippen molar-refractivity contribution in [2.75, 3.05) is 32.7 Å². The lowest BCUT2D eigenvalue weighted by molar-refractivity contribution is -0.153. The van der Waals surface area contributed by atoms with Gasteiger partial charge >= 0.3 is 5.97 Å². The molecule has 2 aliphatic heterocycles. The van der Waals surface area contributed by atoms with Crippen molar-refractivity contribution in [3.05, 3.63) is 71.8 Å². The van der Waals surface area contributed by atoms with Crippen molar-refractivity contribution in [3.8, 4) is 0 Å². The van der Waals surface area contributed by atoms with E-state index in [4.69, 9.17) is 4.74 Å². The lowest BCUT2D eigenvalue weighted by Crippen LogP contribution is -2.66. The standard InChI is InChI=1S/C25H30N4O3/c30-23(28-14-13-26-15-18-11-12-18)21-16-27-17-22-24(31)32-25(29(21)22,19-7-3-1-4-8-19)20-9-5-2-6-10-20/h1-10,18,21-22,26-27H,11-17H2,(H,28,30). The van der Waals surface area contributed by atoms with Gasteiger partial charge < -0.3 is 20.7 Å². The summed E-state index contributed by atoms with van der Waals surface area (Å²) in [5.74, 6) is 0.401. The predicted octanol–water partition coefficient (Wildman–Crippen LogP) is 1.20. The van der Waals surface area contributed by atoms with Crippen molar-refractivity contribution in [1.82, 2.24) is 20.9 Å². The monoisotopic (exact) mass is 434 g/mol. The highest BCUT2D eigenvalue weighted by Crippen LogP contribution is 2.45. The molecular formula is C25H30N4O3. The average molecular weight is 435 g/mol. The number of nitrogens with one attached hydrogen (secondary N) is 3. The van der Waals surface area contributed by atoms with Crippen LogP contribution in [-0.2, 0) is 20.1 Å². The smallest absolute Gasteiger partial charge is 0.327 e. The van der Waals surface area contributed by atoms with E-state index in [0.717, 1.165) is 30.1 Å². The van der Waals surface area contributed by atoms with E-state index in [1.54, 1.807) is 0 Å². The Labute approximate surface area is 188 Å². The molecule has 0 aromatic heterocycles. The Morgan fingerprint density at radius 2 is 1.66 bits per heavy atom. The first kappa shape index (κ1) is 21.1. The summed E-state index contributed by atoms with van der Waals surface area (Å²) in [6.07, 6.45) is 2.61. The third-order valence-electron chi connectivity index (χ3n) is 6.59. The topological polar surface area (TPSA) is 82.7 Å². The van der Waals surface area contributed by atoms with Gasteiger partial charge in [0.05, 0.1) is 0 Å². The molecule has 0 bridgehead atoms. The van der Waals surface area contributed by atoms with Gasteiger partial charge in [-0.05, 0) is 25.3 Å². The molecule has 1 amide bonds. The molecule has 2 aromatic carbocycles. The molecule has 1 aliphatic carbocycles. The van der Waals surface area contributed by atoms with Crippen LogP contribution < -0.4 is 16.0 Å². The molecule has 3 N–H and O–H groups in total. The zero-order valence-electron chi connectivity index (χ0n) is 18.1. The molecule has 7 nitrogen and oxygen atoms in total. The quantitative estimate of drug-likeness (QED) is 0.428. The van der Waals surface area contributed by atoms with E-state index in [-0.39, 0.29) is 11.9 Å². The van der Waals surface area contributed by atoms with Crippen molar-refractivity contribution in [2.24, 2.45) is 5.92 Å². The number of nitrogens with zero attached hydrogens (tertiary/aromatic N) is 1. The Hall–Kier alpha value is -2.74. The lowest BCUT2D eigenvalue weighted by Gasteiger charge is -2.44. The number of carbonyl (C=O) groups is 2. The number of piperazine rings is 1. The maximum absolute atomic E-state index is 13.3. The molecule has 32 heavy (non-hydrogen) atoms. The summed E-state index contributed by atoms with van der Waals surface area (Å²) in [4.78, 5) is 28.4. The highest BCUT2D eigenvalue weighted by Gasteiger charge is 2.60. The van der Waals surface area contributed by atoms with Crippen LogP contribution in [-0.4, -0.2) is 61.6 Å². The molecule has 2 aromatic rings. The first-order valence-corrected chi connectivity index (χ1v) is 11.5. The number of amides is 1. The number of carbonyl (C=O) groups excluding carboxylic acids is 2. The number of fused-ring (bicyclic) bond motifs is 1. The van der Waals surface area contributed by atoms with Gasteiger partial charge in [0.25, 0.3) is 0 Å². The first-order valence-electron chi connectivity index (χ1n) is 11.5. The number of ether oxygens (including phenoxy) is 1. The summed E-state index contributed by atoms with van der Waals surface area (Å²) < 4.78 is 6.18. The SMILES string of the molecule is O=C(NCCNCC1CC1)C1CNCC2C(=O)OC(c3ccccc3)(c3ccccc3)N12. The Balaban J connectivity index is 1.44. The number of hydrogen-bond donors (Lipinski definition) is 3. The van der Waals surface area contributed by atoms with E-state index in [1.807, 2.05) is 65.6 Å². The molecule has 7 heteroatoms. The fourth-order valence-electron chi connectivity index (χ4n) is 4.82. The van der Waals surface area contributed by atoms with Gasteiger partial charge in [-0.2, -0.15) is 0 Å². The third-order valence-corrected chi connectivity index (χ3v) is 6.59. The Morgan fingerprint density at radius 3 is 2.28 bits per heavy atom. The highest BCUT2D eigenvalue weighted by molar-refractivity contribution is 5.86. The van der Waals surface area contributed by atoms with Crippen LogP contribution in [0.4, 0.5) is 0 Å². The van der Waals surface area contributed by atoms with Crippen LogP contribution in [0, 0.1) is 5.92 Å². The minimum Gasteiger partial charge on any atom is -0.434 e. The molecule has 2 saturated heterocycles. The van der Waals surface area contributed by atoms with Gasteiger partial charge in [-0.25, -0.2) is 4.90 Å². The van der Waals surface area contributed by atoms with Crippen LogP contribution in [0.3, 0.4) is 0 Å². The lowest BCUT2D eigenvalue weighted by atomic mass is 9.90. The van der Waals surface area contributed by atoms with Crippen molar-refractivity contribution in [1.29, 1.82) is 0 Å². The second-order valence-electron chi connectivity index (χ2n) is 8.83. The number of esters is 1. The summed E-state index contributed by atoms with van der Waals surface area (Å²) in [6.45, 7) is 3.22. The zero-order chi connectivity index (χ0) is 22.0. The average Bonchev–Trinajstić information content (AvgIpc) is 3.62. The van der Waals surface area contributed by atoms with E-state index in [2.05, 4.69) is 16.0 Å². The summed E-state index contributed by atoms with van der Waals surface area (Å²) in [7, 11) is 0. The van der Waals surface area contributed by atoms with E-state index >= 15 is 0 Å². The summed E-state index contributed by atoms with van der Waals surface area (Å²) in [5, 5.41) is 9.73. The highest BCUT2D eigenvalue weighted by atomic mass is 16.6. The van der Waals surface area contributed by atoms with Crippen LogP contribution >= 0.6 is 0 Å². The van der Waals surface area contributed by atoms with Crippen LogP contribution in [0.1, 0.15) is 24.0 Å². The van der Waals surface area contributed by atoms with Crippen molar-refractivity contribution in [3.63, 3.8) is 0 Å². The largest absolute Gasteiger partial charge is 0.434 e. The minimum absolute atomic E-state index is 0.0926. The summed E-state index contributed by atoms with van der Waals surface area (Å²) >= 11 is 0. The summed E-state index contributed by atoms with van der Waals surface area (Å²) in [6, 6.07) is 18.4. The number of benzene rings is 2. The van der Waals surface area contributed by atoms with Gasteiger partial charge in [0.2, 0.25) is 11.6 Å². The molecule has 3 aliphatic rings. The molecule has 2 unspecified atom stereocenters. The Kier molecular flexibility index (Phi) is 5.95. The van der Waals surface area contributed by atoms with E-state index in [1.165, 1.54) is 12.8 Å². The maximum Gasteiger partial charge on any atom is 0.327 e. The van der Waals surface area contributed by atoms with Gasteiger partial charge in [0.1, 0.15) is 12.1 Å². The molecule has 2 atom stereocenters. The normalized spacial score (nSPS) is 24.6. The maximum atomic E-state index is 13.3. The molecule has 0 radical (unpaired) electrons. The van der Waals surface area contributed by atoms with Crippen molar-refractivity contribution >= 4 is 11.9 Å². The summed E-state index contributed by atoms with van der Waals surface area (Å²) in [5.41, 5.74) is 0.541. The molecule has 2 heterocycles. The van der Waals surface area contributed by atoms with Crippen molar-refractivity contribution < 1.29 is 14.3 Å². The molecule has 5 rings (SSSR count). The van der Waals surface area contributed by atoms with E-state index in [0.29, 0.717) is 19.6 Å². The van der Waals surface area contributed by atoms with Gasteiger partial charge in [-0.15, -0.1) is 0 Å². The second-order valence-corrected chi connectivity index (χ2v) is 8.83. The van der Waals surface area contributed by atoms with E-state index < -0.39 is 17.8 Å².